The van der Waals surface area contributed by atoms with E-state index in [4.69, 9.17) is 23.7 Å². The summed E-state index contributed by atoms with van der Waals surface area (Å²) in [4.78, 5) is 12.3. The second-order valence-electron chi connectivity index (χ2n) is 5.91. The van der Waals surface area contributed by atoms with E-state index in [9.17, 15) is 4.79 Å². The molecule has 0 unspecified atom stereocenters. The van der Waals surface area contributed by atoms with Crippen LogP contribution in [0.3, 0.4) is 0 Å². The largest absolute Gasteiger partial charge is 0.494 e. The highest BCUT2D eigenvalue weighted by Gasteiger charge is 2.22. The molecule has 0 fully saturated rings. The summed E-state index contributed by atoms with van der Waals surface area (Å²) in [6, 6.07) is 10.9. The first-order chi connectivity index (χ1) is 13.6. The van der Waals surface area contributed by atoms with E-state index >= 15 is 0 Å². The summed E-state index contributed by atoms with van der Waals surface area (Å²) < 4.78 is 26.9. The van der Waals surface area contributed by atoms with Crippen LogP contribution >= 0.6 is 0 Å². The molecule has 0 aliphatic carbocycles. The normalized spacial score (nSPS) is 14.5. The van der Waals surface area contributed by atoms with Crippen LogP contribution in [0.1, 0.15) is 18.1 Å². The number of rotatable bonds is 7. The maximum absolute atomic E-state index is 12.3. The topological polar surface area (TPSA) is 63.2 Å². The van der Waals surface area contributed by atoms with Gasteiger partial charge in [0.1, 0.15) is 11.5 Å². The van der Waals surface area contributed by atoms with Crippen molar-refractivity contribution in [1.29, 1.82) is 0 Å². The minimum absolute atomic E-state index is 0.419. The van der Waals surface area contributed by atoms with Crippen LogP contribution < -0.4 is 18.9 Å². The molecular weight excluding hydrogens is 360 g/mol. The first-order valence-corrected chi connectivity index (χ1v) is 8.78. The number of hydrogen-bond donors (Lipinski definition) is 0. The molecule has 1 heterocycles. The Morgan fingerprint density at radius 2 is 1.61 bits per heavy atom. The van der Waals surface area contributed by atoms with Gasteiger partial charge < -0.3 is 23.7 Å². The molecule has 2 aromatic rings. The van der Waals surface area contributed by atoms with Gasteiger partial charge in [-0.3, -0.25) is 0 Å². The monoisotopic (exact) mass is 382 g/mol. The molecule has 0 atom stereocenters. The van der Waals surface area contributed by atoms with E-state index in [0.29, 0.717) is 35.2 Å². The fraction of sp³-hybridized carbons (Fsp3) is 0.227. The molecule has 0 saturated carbocycles. The van der Waals surface area contributed by atoms with Crippen molar-refractivity contribution in [1.82, 2.24) is 0 Å². The molecule has 146 valence electrons. The molecule has 28 heavy (non-hydrogen) atoms. The van der Waals surface area contributed by atoms with Gasteiger partial charge in [0.25, 0.3) is 0 Å². The van der Waals surface area contributed by atoms with Crippen LogP contribution in [0.15, 0.2) is 48.0 Å². The minimum Gasteiger partial charge on any atom is -0.494 e. The van der Waals surface area contributed by atoms with Gasteiger partial charge in [-0.25, -0.2) is 4.79 Å². The number of benzene rings is 2. The summed E-state index contributed by atoms with van der Waals surface area (Å²) in [5, 5.41) is 0. The van der Waals surface area contributed by atoms with Gasteiger partial charge >= 0.3 is 5.97 Å². The zero-order chi connectivity index (χ0) is 20.1. The standard InChI is InChI=1S/C22H22O6/c1-5-27-17-8-6-15(7-9-17)18-13-16(22(23)28-18)10-14-11-19(24-2)21(26-4)20(12-14)25-3/h6-13H,5H2,1-4H3/b16-10-. The SMILES string of the molecule is CCOc1ccc(C2=C/C(=C/c3cc(OC)c(OC)c(OC)c3)C(=O)O2)cc1. The van der Waals surface area contributed by atoms with E-state index < -0.39 is 5.97 Å². The summed E-state index contributed by atoms with van der Waals surface area (Å²) in [5.41, 5.74) is 1.95. The predicted octanol–water partition coefficient (Wildman–Crippen LogP) is 4.09. The Hall–Kier alpha value is -3.41. The van der Waals surface area contributed by atoms with E-state index in [-0.39, 0.29) is 0 Å². The first-order valence-electron chi connectivity index (χ1n) is 8.78. The summed E-state index contributed by atoms with van der Waals surface area (Å²) in [5.74, 6) is 2.35. The van der Waals surface area contributed by atoms with Gasteiger partial charge in [-0.2, -0.15) is 0 Å². The number of hydrogen-bond acceptors (Lipinski definition) is 6. The maximum Gasteiger partial charge on any atom is 0.343 e. The summed E-state index contributed by atoms with van der Waals surface area (Å²) in [7, 11) is 4.63. The lowest BCUT2D eigenvalue weighted by Crippen LogP contribution is -1.98. The molecule has 2 aromatic carbocycles. The molecule has 6 heteroatoms. The van der Waals surface area contributed by atoms with E-state index in [0.717, 1.165) is 16.9 Å². The Balaban J connectivity index is 1.93. The number of cyclic esters (lactones) is 1. The van der Waals surface area contributed by atoms with Crippen molar-refractivity contribution in [3.8, 4) is 23.0 Å². The maximum atomic E-state index is 12.3. The van der Waals surface area contributed by atoms with Crippen molar-refractivity contribution >= 4 is 17.8 Å². The number of ether oxygens (including phenoxy) is 5. The third kappa shape index (κ3) is 3.96. The van der Waals surface area contributed by atoms with E-state index in [1.54, 1.807) is 45.6 Å². The fourth-order valence-electron chi connectivity index (χ4n) is 2.88. The molecule has 3 rings (SSSR count). The lowest BCUT2D eigenvalue weighted by molar-refractivity contribution is -0.130. The molecule has 0 bridgehead atoms. The lowest BCUT2D eigenvalue weighted by Gasteiger charge is -2.12. The van der Waals surface area contributed by atoms with E-state index in [2.05, 4.69) is 0 Å². The average molecular weight is 382 g/mol. The van der Waals surface area contributed by atoms with Crippen LogP contribution in [-0.4, -0.2) is 33.9 Å². The Bertz CT molecular complexity index is 900. The van der Waals surface area contributed by atoms with Crippen molar-refractivity contribution in [2.24, 2.45) is 0 Å². The van der Waals surface area contributed by atoms with Gasteiger partial charge in [-0.15, -0.1) is 0 Å². The highest BCUT2D eigenvalue weighted by atomic mass is 16.5. The van der Waals surface area contributed by atoms with Crippen molar-refractivity contribution < 1.29 is 28.5 Å². The molecule has 0 spiro atoms. The highest BCUT2D eigenvalue weighted by Crippen LogP contribution is 2.39. The Morgan fingerprint density at radius 3 is 2.14 bits per heavy atom. The summed E-state index contributed by atoms with van der Waals surface area (Å²) in [6.07, 6.45) is 3.43. The van der Waals surface area contributed by atoms with Crippen molar-refractivity contribution in [2.45, 2.75) is 6.92 Å². The van der Waals surface area contributed by atoms with Crippen LogP contribution in [0.25, 0.3) is 11.8 Å². The molecular formula is C22H22O6. The Kier molecular flexibility index (Phi) is 5.89. The number of carbonyl (C=O) groups excluding carboxylic acids is 1. The van der Waals surface area contributed by atoms with Crippen molar-refractivity contribution in [3.05, 3.63) is 59.2 Å². The second-order valence-corrected chi connectivity index (χ2v) is 5.91. The van der Waals surface area contributed by atoms with Gasteiger partial charge in [-0.1, -0.05) is 0 Å². The molecule has 1 aliphatic heterocycles. The first kappa shape index (κ1) is 19.4. The van der Waals surface area contributed by atoms with Gasteiger partial charge in [0.15, 0.2) is 11.5 Å². The van der Waals surface area contributed by atoms with Crippen molar-refractivity contribution in [3.63, 3.8) is 0 Å². The highest BCUT2D eigenvalue weighted by molar-refractivity contribution is 6.05. The zero-order valence-electron chi connectivity index (χ0n) is 16.3. The number of carbonyl (C=O) groups is 1. The summed E-state index contributed by atoms with van der Waals surface area (Å²) in [6.45, 7) is 2.52. The minimum atomic E-state index is -0.419. The number of methoxy groups -OCH3 is 3. The smallest absolute Gasteiger partial charge is 0.343 e. The molecule has 0 radical (unpaired) electrons. The zero-order valence-corrected chi connectivity index (χ0v) is 16.3. The molecule has 0 saturated heterocycles. The fourth-order valence-corrected chi connectivity index (χ4v) is 2.88. The molecule has 0 amide bonds. The third-order valence-corrected chi connectivity index (χ3v) is 4.18. The van der Waals surface area contributed by atoms with E-state index in [1.807, 2.05) is 31.2 Å². The third-order valence-electron chi connectivity index (χ3n) is 4.18. The Labute approximate surface area is 163 Å². The molecule has 6 nitrogen and oxygen atoms in total. The van der Waals surface area contributed by atoms with Gasteiger partial charge in [0.05, 0.1) is 33.5 Å². The predicted molar refractivity (Wildman–Crippen MR) is 106 cm³/mol. The van der Waals surface area contributed by atoms with E-state index in [1.165, 1.54) is 0 Å². The molecule has 0 N–H and O–H groups in total. The molecule has 0 aromatic heterocycles. The van der Waals surface area contributed by atoms with Crippen LogP contribution in [0.5, 0.6) is 23.0 Å². The lowest BCUT2D eigenvalue weighted by atomic mass is 10.1. The quantitative estimate of drug-likeness (QED) is 0.531. The average Bonchev–Trinajstić information content (AvgIpc) is 3.08. The Morgan fingerprint density at radius 1 is 0.964 bits per heavy atom. The van der Waals surface area contributed by atoms with Gasteiger partial charge in [0.2, 0.25) is 5.75 Å². The molecule has 1 aliphatic rings. The van der Waals surface area contributed by atoms with Gasteiger partial charge in [0, 0.05) is 5.56 Å². The number of esters is 1. The van der Waals surface area contributed by atoms with Crippen LogP contribution in [-0.2, 0) is 9.53 Å². The van der Waals surface area contributed by atoms with Gasteiger partial charge in [-0.05, 0) is 61.0 Å². The second kappa shape index (κ2) is 8.52. The van der Waals surface area contributed by atoms with Crippen LogP contribution in [0, 0.1) is 0 Å². The van der Waals surface area contributed by atoms with Crippen LogP contribution in [0.4, 0.5) is 0 Å². The van der Waals surface area contributed by atoms with Crippen molar-refractivity contribution in [2.75, 3.05) is 27.9 Å². The summed E-state index contributed by atoms with van der Waals surface area (Å²) >= 11 is 0. The van der Waals surface area contributed by atoms with Crippen LogP contribution in [0.2, 0.25) is 0 Å².